The lowest BCUT2D eigenvalue weighted by molar-refractivity contribution is 0.0786. The topological polar surface area (TPSA) is 103 Å². The Morgan fingerprint density at radius 1 is 1.43 bits per heavy atom. The van der Waals surface area contributed by atoms with Crippen LogP contribution in [-0.2, 0) is 0 Å². The molecule has 0 saturated carbocycles. The smallest absolute Gasteiger partial charge is 0.280 e. The van der Waals surface area contributed by atoms with Gasteiger partial charge in [-0.05, 0) is 19.4 Å². The molecule has 0 aliphatic carbocycles. The quantitative estimate of drug-likeness (QED) is 0.718. The minimum absolute atomic E-state index is 0.0332. The molecular weight excluding hydrogens is 300 g/mol. The van der Waals surface area contributed by atoms with Gasteiger partial charge in [-0.2, -0.15) is 4.98 Å². The molecule has 3 aromatic heterocycles. The Morgan fingerprint density at radius 3 is 3.09 bits per heavy atom. The van der Waals surface area contributed by atoms with Gasteiger partial charge in [-0.15, -0.1) is 5.10 Å². The molecule has 1 fully saturated rings. The third kappa shape index (κ3) is 2.50. The molecule has 0 bridgehead atoms. The van der Waals surface area contributed by atoms with Gasteiger partial charge in [0, 0.05) is 13.1 Å². The Labute approximate surface area is 130 Å². The summed E-state index contributed by atoms with van der Waals surface area (Å²) in [5, 5.41) is 11.9. The van der Waals surface area contributed by atoms with Crippen LogP contribution in [0.4, 0.5) is 0 Å². The number of nitrogens with zero attached hydrogens (tertiary/aromatic N) is 6. The van der Waals surface area contributed by atoms with Gasteiger partial charge in [-0.1, -0.05) is 10.4 Å². The van der Waals surface area contributed by atoms with Crippen LogP contribution in [0.15, 0.2) is 33.7 Å². The van der Waals surface area contributed by atoms with E-state index in [4.69, 9.17) is 8.94 Å². The molecule has 1 aliphatic heterocycles. The molecule has 0 spiro atoms. The standard InChI is InChI=1S/C14H14N6O3/c1-9-15-13(23-17-9)12-7-20(18-16-12)11-2-4-19(6-11)14(21)10-3-5-22-8-10/h3,5,7-8,11H,2,4,6H2,1H3/t11-/m1/s1. The molecule has 4 rings (SSSR count). The van der Waals surface area contributed by atoms with Gasteiger partial charge in [0.05, 0.1) is 24.1 Å². The maximum atomic E-state index is 12.3. The summed E-state index contributed by atoms with van der Waals surface area (Å²) in [5.41, 5.74) is 1.09. The first-order valence-corrected chi connectivity index (χ1v) is 7.24. The summed E-state index contributed by atoms with van der Waals surface area (Å²) < 4.78 is 11.8. The summed E-state index contributed by atoms with van der Waals surface area (Å²) in [4.78, 5) is 18.2. The van der Waals surface area contributed by atoms with Crippen LogP contribution in [0.3, 0.4) is 0 Å². The fourth-order valence-corrected chi connectivity index (χ4v) is 2.67. The van der Waals surface area contributed by atoms with Crippen molar-refractivity contribution in [1.82, 2.24) is 30.0 Å². The van der Waals surface area contributed by atoms with E-state index in [1.165, 1.54) is 12.5 Å². The number of carbonyl (C=O) groups excluding carboxylic acids is 1. The normalized spacial score (nSPS) is 17.8. The average molecular weight is 314 g/mol. The summed E-state index contributed by atoms with van der Waals surface area (Å²) in [7, 11) is 0. The first kappa shape index (κ1) is 13.7. The number of hydrogen-bond acceptors (Lipinski definition) is 7. The predicted octanol–water partition coefficient (Wildman–Crippen LogP) is 1.32. The van der Waals surface area contributed by atoms with Gasteiger partial charge >= 0.3 is 0 Å². The van der Waals surface area contributed by atoms with Crippen molar-refractivity contribution < 1.29 is 13.7 Å². The van der Waals surface area contributed by atoms with Crippen LogP contribution in [0.25, 0.3) is 11.6 Å². The Kier molecular flexibility index (Phi) is 3.18. The zero-order chi connectivity index (χ0) is 15.8. The van der Waals surface area contributed by atoms with Crippen LogP contribution in [-0.4, -0.2) is 49.0 Å². The van der Waals surface area contributed by atoms with Crippen LogP contribution in [0.5, 0.6) is 0 Å². The zero-order valence-corrected chi connectivity index (χ0v) is 12.4. The number of aromatic nitrogens is 5. The molecule has 4 heterocycles. The summed E-state index contributed by atoms with van der Waals surface area (Å²) in [6.07, 6.45) is 5.54. The van der Waals surface area contributed by atoms with E-state index < -0.39 is 0 Å². The molecule has 1 atom stereocenters. The van der Waals surface area contributed by atoms with Gasteiger partial charge in [0.1, 0.15) is 6.26 Å². The molecule has 23 heavy (non-hydrogen) atoms. The largest absolute Gasteiger partial charge is 0.472 e. The van der Waals surface area contributed by atoms with E-state index in [1.54, 1.807) is 28.8 Å². The first-order chi connectivity index (χ1) is 11.2. The van der Waals surface area contributed by atoms with Crippen molar-refractivity contribution in [2.75, 3.05) is 13.1 Å². The van der Waals surface area contributed by atoms with Crippen LogP contribution in [0.1, 0.15) is 28.6 Å². The highest BCUT2D eigenvalue weighted by Crippen LogP contribution is 2.24. The number of aryl methyl sites for hydroxylation is 1. The van der Waals surface area contributed by atoms with E-state index in [2.05, 4.69) is 20.5 Å². The molecule has 0 radical (unpaired) electrons. The molecule has 9 nitrogen and oxygen atoms in total. The lowest BCUT2D eigenvalue weighted by Gasteiger charge is -2.15. The van der Waals surface area contributed by atoms with E-state index in [-0.39, 0.29) is 11.9 Å². The summed E-state index contributed by atoms with van der Waals surface area (Å²) in [6, 6.07) is 1.75. The number of carbonyl (C=O) groups is 1. The summed E-state index contributed by atoms with van der Waals surface area (Å²) in [6.45, 7) is 2.99. The van der Waals surface area contributed by atoms with Crippen LogP contribution in [0.2, 0.25) is 0 Å². The second-order valence-corrected chi connectivity index (χ2v) is 5.44. The van der Waals surface area contributed by atoms with Gasteiger partial charge < -0.3 is 13.8 Å². The molecule has 9 heteroatoms. The van der Waals surface area contributed by atoms with Crippen LogP contribution in [0, 0.1) is 6.92 Å². The van der Waals surface area contributed by atoms with Gasteiger partial charge in [-0.25, -0.2) is 4.68 Å². The second-order valence-electron chi connectivity index (χ2n) is 5.44. The Bertz CT molecular complexity index is 821. The van der Waals surface area contributed by atoms with Crippen molar-refractivity contribution in [1.29, 1.82) is 0 Å². The molecule has 3 aromatic rings. The van der Waals surface area contributed by atoms with E-state index in [9.17, 15) is 4.79 Å². The van der Waals surface area contributed by atoms with Gasteiger partial charge in [0.2, 0.25) is 0 Å². The molecular formula is C14H14N6O3. The Hall–Kier alpha value is -2.97. The summed E-state index contributed by atoms with van der Waals surface area (Å²) in [5.74, 6) is 0.861. The highest BCUT2D eigenvalue weighted by Gasteiger charge is 2.29. The number of hydrogen-bond donors (Lipinski definition) is 0. The van der Waals surface area contributed by atoms with E-state index in [0.29, 0.717) is 36.1 Å². The number of likely N-dealkylation sites (tertiary alicyclic amines) is 1. The molecule has 0 aromatic carbocycles. The van der Waals surface area contributed by atoms with E-state index >= 15 is 0 Å². The van der Waals surface area contributed by atoms with Crippen molar-refractivity contribution in [3.05, 3.63) is 36.2 Å². The molecule has 0 N–H and O–H groups in total. The van der Waals surface area contributed by atoms with Crippen molar-refractivity contribution >= 4 is 5.91 Å². The maximum Gasteiger partial charge on any atom is 0.280 e. The lowest BCUT2D eigenvalue weighted by Crippen LogP contribution is -2.28. The van der Waals surface area contributed by atoms with E-state index in [0.717, 1.165) is 6.42 Å². The highest BCUT2D eigenvalue weighted by atomic mass is 16.5. The van der Waals surface area contributed by atoms with Crippen molar-refractivity contribution in [3.63, 3.8) is 0 Å². The monoisotopic (exact) mass is 314 g/mol. The van der Waals surface area contributed by atoms with Gasteiger partial charge in [-0.3, -0.25) is 4.79 Å². The molecule has 1 aliphatic rings. The average Bonchev–Trinajstić information content (AvgIpc) is 3.31. The molecule has 0 unspecified atom stereocenters. The van der Waals surface area contributed by atoms with Gasteiger partial charge in [0.15, 0.2) is 11.5 Å². The van der Waals surface area contributed by atoms with E-state index in [1.807, 2.05) is 0 Å². The highest BCUT2D eigenvalue weighted by molar-refractivity contribution is 5.94. The zero-order valence-electron chi connectivity index (χ0n) is 12.4. The molecule has 1 amide bonds. The predicted molar refractivity (Wildman–Crippen MR) is 76.3 cm³/mol. The number of furan rings is 1. The third-order valence-electron chi connectivity index (χ3n) is 3.85. The third-order valence-corrected chi connectivity index (χ3v) is 3.85. The molecule has 1 saturated heterocycles. The minimum Gasteiger partial charge on any atom is -0.472 e. The Morgan fingerprint density at radius 2 is 2.35 bits per heavy atom. The number of amides is 1. The number of rotatable bonds is 3. The van der Waals surface area contributed by atoms with Crippen molar-refractivity contribution in [2.45, 2.75) is 19.4 Å². The van der Waals surface area contributed by atoms with Crippen LogP contribution >= 0.6 is 0 Å². The van der Waals surface area contributed by atoms with Crippen LogP contribution < -0.4 is 0 Å². The van der Waals surface area contributed by atoms with Gasteiger partial charge in [0.25, 0.3) is 11.8 Å². The molecule has 118 valence electrons. The minimum atomic E-state index is -0.0332. The Balaban J connectivity index is 1.48. The SMILES string of the molecule is Cc1noc(-c2cn([C@@H]3CCN(C(=O)c4ccoc4)C3)nn2)n1. The fraction of sp³-hybridized carbons (Fsp3) is 0.357. The second kappa shape index (κ2) is 5.34. The summed E-state index contributed by atoms with van der Waals surface area (Å²) >= 11 is 0. The lowest BCUT2D eigenvalue weighted by atomic mass is 10.3. The first-order valence-electron chi connectivity index (χ1n) is 7.24. The van der Waals surface area contributed by atoms with Crippen molar-refractivity contribution in [3.8, 4) is 11.6 Å². The maximum absolute atomic E-state index is 12.3. The van der Waals surface area contributed by atoms with Crippen molar-refractivity contribution in [2.24, 2.45) is 0 Å². The fourth-order valence-electron chi connectivity index (χ4n) is 2.67.